The first-order valence-electron chi connectivity index (χ1n) is 6.70. The maximum atomic E-state index is 13.2. The Morgan fingerprint density at radius 3 is 2.45 bits per heavy atom. The number of nitrogens with zero attached hydrogens (tertiary/aromatic N) is 1. The molecule has 0 spiro atoms. The van der Waals surface area contributed by atoms with Gasteiger partial charge >= 0.3 is 0 Å². The van der Waals surface area contributed by atoms with Gasteiger partial charge in [0.25, 0.3) is 5.91 Å². The van der Waals surface area contributed by atoms with Gasteiger partial charge in [0, 0.05) is 17.2 Å². The number of carbonyl (C=O) groups is 2. The molecule has 6 heteroatoms. The van der Waals surface area contributed by atoms with E-state index in [0.29, 0.717) is 35.7 Å². The molecule has 5 nitrogen and oxygen atoms in total. The monoisotopic (exact) mass is 300 g/mol. The van der Waals surface area contributed by atoms with Crippen molar-refractivity contribution in [2.75, 3.05) is 18.1 Å². The highest BCUT2D eigenvalue weighted by atomic mass is 19.1. The molecular weight excluding hydrogens is 287 g/mol. The normalized spacial score (nSPS) is 13.2. The van der Waals surface area contributed by atoms with Crippen LogP contribution in [0.3, 0.4) is 0 Å². The third kappa shape index (κ3) is 2.50. The highest BCUT2D eigenvalue weighted by Crippen LogP contribution is 2.33. The van der Waals surface area contributed by atoms with Crippen LogP contribution in [0.1, 0.15) is 20.7 Å². The predicted molar refractivity (Wildman–Crippen MR) is 78.5 cm³/mol. The van der Waals surface area contributed by atoms with Gasteiger partial charge in [-0.15, -0.1) is 0 Å². The molecule has 0 saturated heterocycles. The van der Waals surface area contributed by atoms with Crippen molar-refractivity contribution in [1.29, 1.82) is 0 Å². The molecule has 2 amide bonds. The van der Waals surface area contributed by atoms with Crippen LogP contribution in [-0.2, 0) is 0 Å². The van der Waals surface area contributed by atoms with Gasteiger partial charge in [0.2, 0.25) is 5.91 Å². The molecule has 0 saturated carbocycles. The molecule has 2 aromatic rings. The average Bonchev–Trinajstić information content (AvgIpc) is 2.53. The number of anilines is 1. The highest BCUT2D eigenvalue weighted by Gasteiger charge is 2.25. The molecule has 0 aliphatic carbocycles. The zero-order chi connectivity index (χ0) is 15.7. The number of hydrogen-bond donors (Lipinski definition) is 1. The zero-order valence-corrected chi connectivity index (χ0v) is 11.6. The molecule has 0 aromatic heterocycles. The summed E-state index contributed by atoms with van der Waals surface area (Å²) >= 11 is 0. The van der Waals surface area contributed by atoms with Crippen molar-refractivity contribution in [1.82, 2.24) is 0 Å². The van der Waals surface area contributed by atoms with Gasteiger partial charge in [-0.1, -0.05) is 0 Å². The lowest BCUT2D eigenvalue weighted by molar-refractivity contribution is 0.0972. The molecule has 3 rings (SSSR count). The fourth-order valence-electron chi connectivity index (χ4n) is 2.34. The number of carbonyl (C=O) groups excluding carboxylic acids is 2. The van der Waals surface area contributed by atoms with Gasteiger partial charge in [-0.05, 0) is 36.4 Å². The van der Waals surface area contributed by atoms with E-state index >= 15 is 0 Å². The number of amides is 2. The van der Waals surface area contributed by atoms with Gasteiger partial charge in [-0.3, -0.25) is 9.59 Å². The Morgan fingerprint density at radius 1 is 1.09 bits per heavy atom. The first-order chi connectivity index (χ1) is 10.6. The summed E-state index contributed by atoms with van der Waals surface area (Å²) in [4.78, 5) is 25.2. The molecule has 0 unspecified atom stereocenters. The first-order valence-corrected chi connectivity index (χ1v) is 6.70. The minimum Gasteiger partial charge on any atom is -0.489 e. The standard InChI is InChI=1S/C16H13FN2O3/c17-12-5-6-13-14(9-12)22-8-7-19(13)16(21)11-3-1-10(2-4-11)15(18)20/h1-6,9H,7-8H2,(H2,18,20). The number of hydrogen-bond acceptors (Lipinski definition) is 3. The van der Waals surface area contributed by atoms with Crippen molar-refractivity contribution in [2.24, 2.45) is 5.73 Å². The number of nitrogens with two attached hydrogens (primary N) is 1. The van der Waals surface area contributed by atoms with Gasteiger partial charge in [-0.25, -0.2) is 4.39 Å². The van der Waals surface area contributed by atoms with E-state index in [1.54, 1.807) is 12.1 Å². The number of fused-ring (bicyclic) bond motifs is 1. The summed E-state index contributed by atoms with van der Waals surface area (Å²) in [6, 6.07) is 10.1. The Labute approximate surface area is 126 Å². The topological polar surface area (TPSA) is 72.6 Å². The van der Waals surface area contributed by atoms with Crippen LogP contribution in [0.15, 0.2) is 42.5 Å². The molecule has 22 heavy (non-hydrogen) atoms. The Hall–Kier alpha value is -2.89. The average molecular weight is 300 g/mol. The number of primary amides is 1. The molecule has 2 N–H and O–H groups in total. The lowest BCUT2D eigenvalue weighted by atomic mass is 10.1. The number of ether oxygens (including phenoxy) is 1. The summed E-state index contributed by atoms with van der Waals surface area (Å²) in [5.41, 5.74) is 6.45. The van der Waals surface area contributed by atoms with Crippen molar-refractivity contribution in [3.05, 3.63) is 59.4 Å². The maximum absolute atomic E-state index is 13.2. The number of halogens is 1. The molecule has 0 bridgehead atoms. The second-order valence-corrected chi connectivity index (χ2v) is 4.86. The molecule has 1 aliphatic heterocycles. The van der Waals surface area contributed by atoms with Crippen LogP contribution >= 0.6 is 0 Å². The van der Waals surface area contributed by atoms with Gasteiger partial charge in [0.1, 0.15) is 18.2 Å². The van der Waals surface area contributed by atoms with Crippen molar-refractivity contribution in [3.63, 3.8) is 0 Å². The molecule has 1 heterocycles. The Kier molecular flexibility index (Phi) is 3.50. The summed E-state index contributed by atoms with van der Waals surface area (Å²) in [6.07, 6.45) is 0. The molecule has 112 valence electrons. The fraction of sp³-hybridized carbons (Fsp3) is 0.125. The van der Waals surface area contributed by atoms with Crippen LogP contribution < -0.4 is 15.4 Å². The van der Waals surface area contributed by atoms with E-state index in [0.717, 1.165) is 0 Å². The summed E-state index contributed by atoms with van der Waals surface area (Å²) in [5, 5.41) is 0. The minimum absolute atomic E-state index is 0.243. The van der Waals surface area contributed by atoms with Crippen LogP contribution in [0, 0.1) is 5.82 Å². The summed E-state index contributed by atoms with van der Waals surface area (Å²) in [7, 11) is 0. The van der Waals surface area contributed by atoms with Crippen molar-refractivity contribution >= 4 is 17.5 Å². The highest BCUT2D eigenvalue weighted by molar-refractivity contribution is 6.07. The second kappa shape index (κ2) is 5.48. The van der Waals surface area contributed by atoms with E-state index in [4.69, 9.17) is 10.5 Å². The van der Waals surface area contributed by atoms with E-state index in [-0.39, 0.29) is 5.91 Å². The van der Waals surface area contributed by atoms with Crippen LogP contribution in [0.2, 0.25) is 0 Å². The van der Waals surface area contributed by atoms with Crippen molar-refractivity contribution < 1.29 is 18.7 Å². The second-order valence-electron chi connectivity index (χ2n) is 4.86. The lowest BCUT2D eigenvalue weighted by Crippen LogP contribution is -2.38. The Balaban J connectivity index is 1.92. The van der Waals surface area contributed by atoms with E-state index in [1.807, 2.05) is 0 Å². The van der Waals surface area contributed by atoms with E-state index in [2.05, 4.69) is 0 Å². The van der Waals surface area contributed by atoms with E-state index < -0.39 is 11.7 Å². The molecule has 2 aromatic carbocycles. The van der Waals surface area contributed by atoms with E-state index in [9.17, 15) is 14.0 Å². The smallest absolute Gasteiger partial charge is 0.258 e. The minimum atomic E-state index is -0.550. The molecule has 0 atom stereocenters. The Bertz CT molecular complexity index is 744. The SMILES string of the molecule is NC(=O)c1ccc(C(=O)N2CCOc3cc(F)ccc32)cc1. The van der Waals surface area contributed by atoms with Crippen LogP contribution in [0.4, 0.5) is 10.1 Å². The zero-order valence-electron chi connectivity index (χ0n) is 11.6. The van der Waals surface area contributed by atoms with Gasteiger partial charge < -0.3 is 15.4 Å². The largest absolute Gasteiger partial charge is 0.489 e. The van der Waals surface area contributed by atoms with Gasteiger partial charge in [-0.2, -0.15) is 0 Å². The van der Waals surface area contributed by atoms with Crippen molar-refractivity contribution in [2.45, 2.75) is 0 Å². The van der Waals surface area contributed by atoms with Crippen LogP contribution in [-0.4, -0.2) is 25.0 Å². The summed E-state index contributed by atoms with van der Waals surface area (Å²) < 4.78 is 18.6. The summed E-state index contributed by atoms with van der Waals surface area (Å²) in [6.45, 7) is 0.663. The molecule has 1 aliphatic rings. The fourth-order valence-corrected chi connectivity index (χ4v) is 2.34. The van der Waals surface area contributed by atoms with Crippen LogP contribution in [0.5, 0.6) is 5.75 Å². The number of rotatable bonds is 2. The molecular formula is C16H13FN2O3. The maximum Gasteiger partial charge on any atom is 0.258 e. The third-order valence-electron chi connectivity index (χ3n) is 3.45. The first kappa shape index (κ1) is 14.1. The van der Waals surface area contributed by atoms with Crippen LogP contribution in [0.25, 0.3) is 0 Å². The third-order valence-corrected chi connectivity index (χ3v) is 3.45. The molecule has 0 radical (unpaired) electrons. The number of benzene rings is 2. The predicted octanol–water partition coefficient (Wildman–Crippen LogP) is 1.96. The summed E-state index contributed by atoms with van der Waals surface area (Å²) in [5.74, 6) is -0.870. The van der Waals surface area contributed by atoms with Crippen molar-refractivity contribution in [3.8, 4) is 5.75 Å². The van der Waals surface area contributed by atoms with E-state index in [1.165, 1.54) is 35.2 Å². The van der Waals surface area contributed by atoms with Gasteiger partial charge in [0.05, 0.1) is 12.2 Å². The lowest BCUT2D eigenvalue weighted by Gasteiger charge is -2.29. The Morgan fingerprint density at radius 2 is 1.77 bits per heavy atom. The van der Waals surface area contributed by atoms with Gasteiger partial charge in [0.15, 0.2) is 0 Å². The quantitative estimate of drug-likeness (QED) is 0.921. The molecule has 0 fully saturated rings.